The summed E-state index contributed by atoms with van der Waals surface area (Å²) in [5.41, 5.74) is -0.812. The molecule has 4 rings (SSSR count). The van der Waals surface area contributed by atoms with Crippen LogP contribution in [-0.4, -0.2) is 48.1 Å². The lowest BCUT2D eigenvalue weighted by Crippen LogP contribution is -2.55. The second-order valence-electron chi connectivity index (χ2n) is 7.52. The summed E-state index contributed by atoms with van der Waals surface area (Å²) in [5, 5.41) is 7.09. The second-order valence-corrected chi connectivity index (χ2v) is 7.90. The summed E-state index contributed by atoms with van der Waals surface area (Å²) in [6.45, 7) is 4.05. The molecule has 0 saturated carbocycles. The van der Waals surface area contributed by atoms with Gasteiger partial charge >= 0.3 is 0 Å². The van der Waals surface area contributed by atoms with Gasteiger partial charge in [0.25, 0.3) is 0 Å². The molecule has 0 bridgehead atoms. The molecule has 9 nitrogen and oxygen atoms in total. The highest BCUT2D eigenvalue weighted by molar-refractivity contribution is 6.36. The van der Waals surface area contributed by atoms with Crippen molar-refractivity contribution in [2.75, 3.05) is 20.8 Å². The lowest BCUT2D eigenvalue weighted by atomic mass is 9.74. The zero-order valence-corrected chi connectivity index (χ0v) is 18.3. The van der Waals surface area contributed by atoms with E-state index in [1.54, 1.807) is 13.8 Å². The Hall–Kier alpha value is -3.07. The fraction of sp³-hybridized carbons (Fsp3) is 0.429. The van der Waals surface area contributed by atoms with Crippen molar-refractivity contribution >= 4 is 23.2 Å². The quantitative estimate of drug-likeness (QED) is 0.667. The molecule has 0 fully saturated rings. The Morgan fingerprint density at radius 1 is 1.29 bits per heavy atom. The van der Waals surface area contributed by atoms with Crippen molar-refractivity contribution in [1.29, 1.82) is 0 Å². The molecule has 164 valence electrons. The number of ketones is 2. The first-order valence-corrected chi connectivity index (χ1v) is 10.2. The van der Waals surface area contributed by atoms with E-state index in [1.807, 2.05) is 0 Å². The van der Waals surface area contributed by atoms with Gasteiger partial charge in [0, 0.05) is 36.7 Å². The van der Waals surface area contributed by atoms with Crippen molar-refractivity contribution in [3.63, 3.8) is 0 Å². The zero-order valence-electron chi connectivity index (χ0n) is 17.6. The SMILES string of the molecule is COc1cc(OC)c2c(c1Cl)OC1(C(=O)C=C(NCCc3nc(C)no3)CC1C)C2=O. The monoisotopic (exact) mass is 447 g/mol. The Morgan fingerprint density at radius 3 is 2.65 bits per heavy atom. The van der Waals surface area contributed by atoms with Gasteiger partial charge in [0.1, 0.15) is 22.1 Å². The van der Waals surface area contributed by atoms with Crippen molar-refractivity contribution in [1.82, 2.24) is 15.5 Å². The van der Waals surface area contributed by atoms with Crippen molar-refractivity contribution < 1.29 is 28.3 Å². The summed E-state index contributed by atoms with van der Waals surface area (Å²) in [6, 6.07) is 1.52. The maximum absolute atomic E-state index is 13.4. The molecule has 2 atom stereocenters. The molecule has 2 aromatic rings. The van der Waals surface area contributed by atoms with Gasteiger partial charge in [0.15, 0.2) is 11.6 Å². The molecule has 1 aliphatic heterocycles. The third-order valence-corrected chi connectivity index (χ3v) is 5.93. The van der Waals surface area contributed by atoms with Gasteiger partial charge in [0.05, 0.1) is 14.2 Å². The highest BCUT2D eigenvalue weighted by Gasteiger charge is 2.60. The molecular weight excluding hydrogens is 426 g/mol. The Labute approximate surface area is 183 Å². The summed E-state index contributed by atoms with van der Waals surface area (Å²) in [7, 11) is 2.88. The number of allylic oxidation sites excluding steroid dienone is 1. The van der Waals surface area contributed by atoms with Crippen LogP contribution in [0, 0.1) is 12.8 Å². The van der Waals surface area contributed by atoms with Gasteiger partial charge in [-0.1, -0.05) is 23.7 Å². The van der Waals surface area contributed by atoms with Gasteiger partial charge in [-0.15, -0.1) is 0 Å². The molecule has 1 aliphatic carbocycles. The van der Waals surface area contributed by atoms with Gasteiger partial charge in [-0.25, -0.2) is 0 Å². The van der Waals surface area contributed by atoms with Crippen molar-refractivity contribution in [2.45, 2.75) is 32.3 Å². The standard InChI is InChI=1S/C21H22ClN3O6/c1-10-7-12(23-6-5-16-24-11(2)25-31-16)8-15(26)21(10)20(27)17-13(28-3)9-14(29-4)18(22)19(17)30-21/h8-10,23H,5-7H2,1-4H3. The topological polar surface area (TPSA) is 113 Å². The molecule has 2 heterocycles. The lowest BCUT2D eigenvalue weighted by Gasteiger charge is -2.35. The fourth-order valence-electron chi connectivity index (χ4n) is 4.02. The molecule has 31 heavy (non-hydrogen) atoms. The summed E-state index contributed by atoms with van der Waals surface area (Å²) in [4.78, 5) is 30.8. The number of halogens is 1. The smallest absolute Gasteiger partial charge is 0.236 e. The fourth-order valence-corrected chi connectivity index (χ4v) is 4.29. The minimum absolute atomic E-state index is 0.111. The largest absolute Gasteiger partial charge is 0.496 e. The normalized spacial score (nSPS) is 22.2. The lowest BCUT2D eigenvalue weighted by molar-refractivity contribution is -0.129. The highest BCUT2D eigenvalue weighted by Crippen LogP contribution is 2.52. The predicted molar refractivity (Wildman–Crippen MR) is 110 cm³/mol. The number of nitrogens with zero attached hydrogens (tertiary/aromatic N) is 2. The average molecular weight is 448 g/mol. The molecule has 10 heteroatoms. The first kappa shape index (κ1) is 21.2. The zero-order chi connectivity index (χ0) is 22.3. The number of ether oxygens (including phenoxy) is 3. The van der Waals surface area contributed by atoms with Crippen molar-refractivity contribution in [2.24, 2.45) is 5.92 Å². The van der Waals surface area contributed by atoms with Gasteiger partial charge in [-0.05, 0) is 13.3 Å². The van der Waals surface area contributed by atoms with Crippen LogP contribution in [-0.2, 0) is 11.2 Å². The molecule has 2 aliphatic rings. The number of rotatable bonds is 6. The van der Waals surface area contributed by atoms with E-state index in [0.29, 0.717) is 42.5 Å². The van der Waals surface area contributed by atoms with Crippen LogP contribution < -0.4 is 19.5 Å². The Kier molecular flexibility index (Phi) is 5.38. The number of Topliss-reactive ketones (excluding diaryl/α,β-unsaturated/α-hetero) is 1. The minimum Gasteiger partial charge on any atom is -0.496 e. The molecule has 2 unspecified atom stereocenters. The number of nitrogens with one attached hydrogen (secondary N) is 1. The highest BCUT2D eigenvalue weighted by atomic mass is 35.5. The van der Waals surface area contributed by atoms with Crippen LogP contribution in [0.25, 0.3) is 0 Å². The van der Waals surface area contributed by atoms with Gasteiger partial charge < -0.3 is 24.1 Å². The van der Waals surface area contributed by atoms with E-state index in [2.05, 4.69) is 15.5 Å². The maximum Gasteiger partial charge on any atom is 0.236 e. The molecular formula is C21H22ClN3O6. The number of hydrogen-bond donors (Lipinski definition) is 1. The van der Waals surface area contributed by atoms with Crippen LogP contribution in [0.15, 0.2) is 22.4 Å². The number of aromatic nitrogens is 2. The third-order valence-electron chi connectivity index (χ3n) is 5.57. The predicted octanol–water partition coefficient (Wildman–Crippen LogP) is 2.69. The van der Waals surface area contributed by atoms with Gasteiger partial charge in [-0.2, -0.15) is 4.98 Å². The van der Waals surface area contributed by atoms with Crippen LogP contribution in [0.1, 0.15) is 35.4 Å². The van der Waals surface area contributed by atoms with E-state index in [4.69, 9.17) is 30.3 Å². The minimum atomic E-state index is -1.68. The van der Waals surface area contributed by atoms with E-state index < -0.39 is 23.1 Å². The van der Waals surface area contributed by atoms with E-state index >= 15 is 0 Å². The summed E-state index contributed by atoms with van der Waals surface area (Å²) < 4.78 is 21.7. The van der Waals surface area contributed by atoms with E-state index in [1.165, 1.54) is 26.4 Å². The van der Waals surface area contributed by atoms with Crippen molar-refractivity contribution in [3.8, 4) is 17.2 Å². The van der Waals surface area contributed by atoms with Gasteiger partial charge in [-0.3, -0.25) is 9.59 Å². The van der Waals surface area contributed by atoms with Crippen LogP contribution in [0.2, 0.25) is 5.02 Å². The number of fused-ring (bicyclic) bond motifs is 1. The molecule has 0 radical (unpaired) electrons. The second kappa shape index (κ2) is 7.88. The first-order chi connectivity index (χ1) is 14.8. The molecule has 0 saturated heterocycles. The molecule has 1 spiro atoms. The molecule has 1 aromatic carbocycles. The van der Waals surface area contributed by atoms with Crippen LogP contribution >= 0.6 is 11.6 Å². The number of methoxy groups -OCH3 is 2. The first-order valence-electron chi connectivity index (χ1n) is 9.78. The summed E-state index contributed by atoms with van der Waals surface area (Å²) >= 11 is 6.39. The van der Waals surface area contributed by atoms with Crippen LogP contribution in [0.5, 0.6) is 17.2 Å². The Bertz CT molecular complexity index is 1100. The van der Waals surface area contributed by atoms with E-state index in [0.717, 1.165) is 0 Å². The third kappa shape index (κ3) is 3.33. The Morgan fingerprint density at radius 2 is 2.03 bits per heavy atom. The molecule has 1 aromatic heterocycles. The summed E-state index contributed by atoms with van der Waals surface area (Å²) in [5.74, 6) is 0.397. The van der Waals surface area contributed by atoms with Crippen LogP contribution in [0.4, 0.5) is 0 Å². The Balaban J connectivity index is 1.59. The van der Waals surface area contributed by atoms with E-state index in [-0.39, 0.29) is 22.1 Å². The van der Waals surface area contributed by atoms with Crippen LogP contribution in [0.3, 0.4) is 0 Å². The van der Waals surface area contributed by atoms with Crippen molar-refractivity contribution in [3.05, 3.63) is 40.1 Å². The number of aryl methyl sites for hydroxylation is 1. The van der Waals surface area contributed by atoms with E-state index in [9.17, 15) is 9.59 Å². The summed E-state index contributed by atoms with van der Waals surface area (Å²) in [6.07, 6.45) is 2.37. The molecule has 1 N–H and O–H groups in total. The number of carbonyl (C=O) groups excluding carboxylic acids is 2. The number of carbonyl (C=O) groups is 2. The maximum atomic E-state index is 13.4. The number of hydrogen-bond acceptors (Lipinski definition) is 9. The van der Waals surface area contributed by atoms with Gasteiger partial charge in [0.2, 0.25) is 23.1 Å². The number of benzene rings is 1. The molecule has 0 amide bonds. The average Bonchev–Trinajstić information content (AvgIpc) is 3.29.